The second-order valence-electron chi connectivity index (χ2n) is 3.82. The largest absolute Gasteiger partial charge is 0.344 e. The smallest absolute Gasteiger partial charge is 0.203 e. The number of hydrogen-bond acceptors (Lipinski definition) is 1. The van der Waals surface area contributed by atoms with Gasteiger partial charge in [-0.15, -0.1) is 0 Å². The van der Waals surface area contributed by atoms with Gasteiger partial charge in [-0.1, -0.05) is 40.0 Å². The summed E-state index contributed by atoms with van der Waals surface area (Å²) in [5.74, 6) is 0. The van der Waals surface area contributed by atoms with Gasteiger partial charge in [-0.25, -0.2) is 0 Å². The van der Waals surface area contributed by atoms with Crippen molar-refractivity contribution >= 4 is 7.37 Å². The summed E-state index contributed by atoms with van der Waals surface area (Å²) in [7, 11) is -2.83. The first-order valence-electron chi connectivity index (χ1n) is 5.36. The van der Waals surface area contributed by atoms with Gasteiger partial charge in [-0.05, 0) is 12.8 Å². The van der Waals surface area contributed by atoms with Crippen molar-refractivity contribution < 1.29 is 9.46 Å². The lowest BCUT2D eigenvalue weighted by Gasteiger charge is -2.18. The molecule has 0 bridgehead atoms. The molecule has 13 heavy (non-hydrogen) atoms. The minimum atomic E-state index is -2.83. The van der Waals surface area contributed by atoms with Crippen LogP contribution in [-0.4, -0.2) is 16.7 Å². The lowest BCUT2D eigenvalue weighted by molar-refractivity contribution is 0.456. The lowest BCUT2D eigenvalue weighted by Crippen LogP contribution is -2.06. The molecular weight excluding hydrogens is 183 g/mol. The molecule has 2 unspecified atom stereocenters. The highest BCUT2D eigenvalue weighted by Gasteiger charge is 2.25. The Morgan fingerprint density at radius 2 is 1.77 bits per heavy atom. The van der Waals surface area contributed by atoms with Gasteiger partial charge in [0, 0.05) is 11.8 Å². The van der Waals surface area contributed by atoms with E-state index in [9.17, 15) is 9.46 Å². The molecule has 0 aliphatic rings. The van der Waals surface area contributed by atoms with Crippen LogP contribution in [0.25, 0.3) is 0 Å². The van der Waals surface area contributed by atoms with Crippen LogP contribution < -0.4 is 0 Å². The van der Waals surface area contributed by atoms with Crippen LogP contribution in [0.1, 0.15) is 52.9 Å². The van der Waals surface area contributed by atoms with Crippen molar-refractivity contribution in [2.24, 2.45) is 0 Å². The average molecular weight is 206 g/mol. The zero-order chi connectivity index (χ0) is 10.3. The van der Waals surface area contributed by atoms with Crippen LogP contribution in [-0.2, 0) is 4.57 Å². The van der Waals surface area contributed by atoms with Gasteiger partial charge in [-0.3, -0.25) is 4.57 Å². The zero-order valence-corrected chi connectivity index (χ0v) is 10.0. The van der Waals surface area contributed by atoms with Crippen molar-refractivity contribution in [2.75, 3.05) is 6.16 Å². The Balaban J connectivity index is 3.88. The summed E-state index contributed by atoms with van der Waals surface area (Å²) in [6.45, 7) is 6.07. The van der Waals surface area contributed by atoms with Gasteiger partial charge >= 0.3 is 0 Å². The number of unbranched alkanes of at least 4 members (excludes halogenated alkanes) is 2. The highest BCUT2D eigenvalue weighted by molar-refractivity contribution is 7.58. The fourth-order valence-electron chi connectivity index (χ4n) is 1.31. The number of hydrogen-bond donors (Lipinski definition) is 1. The molecule has 0 aliphatic carbocycles. The Morgan fingerprint density at radius 3 is 2.23 bits per heavy atom. The zero-order valence-electron chi connectivity index (χ0n) is 9.12. The Kier molecular flexibility index (Phi) is 6.71. The highest BCUT2D eigenvalue weighted by Crippen LogP contribution is 2.48. The molecular formula is C10H23O2P. The van der Waals surface area contributed by atoms with Gasteiger partial charge in [-0.2, -0.15) is 0 Å². The van der Waals surface area contributed by atoms with Crippen LogP contribution in [0, 0.1) is 0 Å². The third-order valence-corrected chi connectivity index (χ3v) is 5.09. The fraction of sp³-hybridized carbons (Fsp3) is 1.00. The van der Waals surface area contributed by atoms with Gasteiger partial charge in [0.15, 0.2) is 0 Å². The van der Waals surface area contributed by atoms with Crippen molar-refractivity contribution in [3.63, 3.8) is 0 Å². The van der Waals surface area contributed by atoms with E-state index >= 15 is 0 Å². The van der Waals surface area contributed by atoms with Crippen LogP contribution in [0.2, 0.25) is 0 Å². The van der Waals surface area contributed by atoms with Crippen molar-refractivity contribution in [3.05, 3.63) is 0 Å². The molecule has 0 aromatic rings. The molecule has 0 fully saturated rings. The molecule has 0 aromatic heterocycles. The summed E-state index contributed by atoms with van der Waals surface area (Å²) in [5.41, 5.74) is -0.000926. The van der Waals surface area contributed by atoms with Crippen molar-refractivity contribution in [2.45, 2.75) is 58.5 Å². The van der Waals surface area contributed by atoms with Crippen LogP contribution in [0.3, 0.4) is 0 Å². The van der Waals surface area contributed by atoms with Gasteiger partial charge in [0.25, 0.3) is 0 Å². The summed E-state index contributed by atoms with van der Waals surface area (Å²) in [4.78, 5) is 9.70. The normalized spacial score (nSPS) is 18.2. The van der Waals surface area contributed by atoms with E-state index in [1.54, 1.807) is 0 Å². The molecule has 0 saturated heterocycles. The number of rotatable bonds is 7. The average Bonchev–Trinajstić information content (AvgIpc) is 2.10. The summed E-state index contributed by atoms with van der Waals surface area (Å²) in [6.07, 6.45) is 5.47. The van der Waals surface area contributed by atoms with Crippen LogP contribution >= 0.6 is 7.37 Å². The summed E-state index contributed by atoms with van der Waals surface area (Å²) in [5, 5.41) is 0. The maximum absolute atomic E-state index is 11.7. The Hall–Kier alpha value is 0.190. The van der Waals surface area contributed by atoms with Gasteiger partial charge in [0.2, 0.25) is 7.37 Å². The van der Waals surface area contributed by atoms with Gasteiger partial charge < -0.3 is 4.89 Å². The molecule has 0 aromatic carbocycles. The first-order valence-corrected chi connectivity index (χ1v) is 7.27. The summed E-state index contributed by atoms with van der Waals surface area (Å²) >= 11 is 0. The second-order valence-corrected chi connectivity index (χ2v) is 6.66. The Bertz CT molecular complexity index is 168. The molecule has 0 aliphatic heterocycles. The molecule has 0 saturated carbocycles. The highest BCUT2D eigenvalue weighted by atomic mass is 31.2. The van der Waals surface area contributed by atoms with Crippen LogP contribution in [0.5, 0.6) is 0 Å². The quantitative estimate of drug-likeness (QED) is 0.646. The second kappa shape index (κ2) is 6.62. The van der Waals surface area contributed by atoms with E-state index in [1.807, 2.05) is 6.92 Å². The summed E-state index contributed by atoms with van der Waals surface area (Å²) < 4.78 is 11.7. The van der Waals surface area contributed by atoms with Gasteiger partial charge in [0.1, 0.15) is 0 Å². The van der Waals surface area contributed by atoms with E-state index in [4.69, 9.17) is 0 Å². The van der Waals surface area contributed by atoms with E-state index in [1.165, 1.54) is 0 Å². The monoisotopic (exact) mass is 206 g/mol. The van der Waals surface area contributed by atoms with E-state index in [0.29, 0.717) is 6.16 Å². The summed E-state index contributed by atoms with van der Waals surface area (Å²) in [6, 6.07) is 0. The standard InChI is InChI=1S/C10H23O2P/c1-4-6-8-10(3)13(11,12)9-7-5-2/h10H,4-9H2,1-3H3,(H,11,12). The first kappa shape index (κ1) is 13.2. The van der Waals surface area contributed by atoms with Crippen molar-refractivity contribution in [1.29, 1.82) is 0 Å². The Morgan fingerprint density at radius 1 is 1.23 bits per heavy atom. The SMILES string of the molecule is CCCCC(C)P(=O)(O)CCCC. The van der Waals surface area contributed by atoms with Gasteiger partial charge in [0.05, 0.1) is 0 Å². The third-order valence-electron chi connectivity index (χ3n) is 2.50. The molecule has 0 amide bonds. The molecule has 1 N–H and O–H groups in total. The fourth-order valence-corrected chi connectivity index (χ4v) is 3.10. The first-order chi connectivity index (χ1) is 6.04. The molecule has 80 valence electrons. The minimum Gasteiger partial charge on any atom is -0.344 e. The van der Waals surface area contributed by atoms with E-state index in [2.05, 4.69) is 13.8 Å². The molecule has 0 heterocycles. The van der Waals surface area contributed by atoms with E-state index in [0.717, 1.165) is 32.1 Å². The van der Waals surface area contributed by atoms with Crippen LogP contribution in [0.4, 0.5) is 0 Å². The van der Waals surface area contributed by atoms with E-state index < -0.39 is 7.37 Å². The maximum atomic E-state index is 11.7. The topological polar surface area (TPSA) is 37.3 Å². The maximum Gasteiger partial charge on any atom is 0.203 e. The lowest BCUT2D eigenvalue weighted by atomic mass is 10.2. The van der Waals surface area contributed by atoms with E-state index in [-0.39, 0.29) is 5.66 Å². The molecule has 2 atom stereocenters. The molecule has 2 nitrogen and oxygen atoms in total. The molecule has 0 rings (SSSR count). The minimum absolute atomic E-state index is 0.000926. The predicted molar refractivity (Wildman–Crippen MR) is 58.6 cm³/mol. The van der Waals surface area contributed by atoms with Crippen molar-refractivity contribution in [1.82, 2.24) is 0 Å². The molecule has 0 radical (unpaired) electrons. The predicted octanol–water partition coefficient (Wildman–Crippen LogP) is 3.64. The Labute approximate surface area is 82.2 Å². The van der Waals surface area contributed by atoms with Crippen molar-refractivity contribution in [3.8, 4) is 0 Å². The molecule has 0 spiro atoms. The third kappa shape index (κ3) is 5.49. The van der Waals surface area contributed by atoms with Crippen LogP contribution in [0.15, 0.2) is 0 Å². The molecule has 3 heteroatoms.